The van der Waals surface area contributed by atoms with Crippen molar-refractivity contribution in [1.29, 1.82) is 0 Å². The molecular formula is C28H27NO4. The number of benzene rings is 3. The van der Waals surface area contributed by atoms with Crippen molar-refractivity contribution in [3.63, 3.8) is 0 Å². The smallest absolute Gasteiger partial charge is 0.272 e. The zero-order valence-electron chi connectivity index (χ0n) is 18.5. The molecule has 0 saturated heterocycles. The molecule has 1 atom stereocenters. The van der Waals surface area contributed by atoms with Crippen molar-refractivity contribution in [2.24, 2.45) is 0 Å². The average Bonchev–Trinajstić information content (AvgIpc) is 2.88. The lowest BCUT2D eigenvalue weighted by atomic mass is 9.77. The van der Waals surface area contributed by atoms with Crippen LogP contribution in [0.4, 0.5) is 5.69 Å². The molecule has 0 fully saturated rings. The van der Waals surface area contributed by atoms with Crippen molar-refractivity contribution in [1.82, 2.24) is 0 Å². The molecule has 0 aliphatic rings. The molecule has 0 aliphatic carbocycles. The fourth-order valence-corrected chi connectivity index (χ4v) is 4.06. The third-order valence-corrected chi connectivity index (χ3v) is 5.88. The lowest BCUT2D eigenvalue weighted by molar-refractivity contribution is 0.0584. The van der Waals surface area contributed by atoms with Crippen LogP contribution in [-0.2, 0) is 5.60 Å². The van der Waals surface area contributed by atoms with Crippen LogP contribution in [0, 0.1) is 0 Å². The van der Waals surface area contributed by atoms with E-state index in [4.69, 9.17) is 4.74 Å². The maximum atomic E-state index is 12.5. The Kier molecular flexibility index (Phi) is 6.71. The highest BCUT2D eigenvalue weighted by molar-refractivity contribution is 5.64. The minimum absolute atomic E-state index is 0.0397. The van der Waals surface area contributed by atoms with E-state index in [0.717, 1.165) is 18.4 Å². The van der Waals surface area contributed by atoms with Gasteiger partial charge in [0.25, 0.3) is 10.9 Å². The van der Waals surface area contributed by atoms with E-state index in [1.165, 1.54) is 0 Å². The van der Waals surface area contributed by atoms with Crippen LogP contribution in [0.5, 0.6) is 5.75 Å². The van der Waals surface area contributed by atoms with Gasteiger partial charge >= 0.3 is 0 Å². The van der Waals surface area contributed by atoms with Gasteiger partial charge in [-0.2, -0.15) is 0 Å². The zero-order valence-corrected chi connectivity index (χ0v) is 18.5. The Hall–Kier alpha value is -3.70. The van der Waals surface area contributed by atoms with E-state index in [0.29, 0.717) is 17.7 Å². The second-order valence-corrected chi connectivity index (χ2v) is 8.05. The number of ether oxygens (including phenoxy) is 1. The molecule has 0 aliphatic heterocycles. The third kappa shape index (κ3) is 4.32. The Morgan fingerprint density at radius 3 is 1.85 bits per heavy atom. The molecule has 0 spiro atoms. The first kappa shape index (κ1) is 22.5. The summed E-state index contributed by atoms with van der Waals surface area (Å²) in [5.41, 5.74) is -0.621. The van der Waals surface area contributed by atoms with E-state index >= 15 is 0 Å². The first-order valence-electron chi connectivity index (χ1n) is 11.2. The van der Waals surface area contributed by atoms with Gasteiger partial charge in [0.05, 0.1) is 12.6 Å². The van der Waals surface area contributed by atoms with Gasteiger partial charge in [-0.15, -0.1) is 0 Å². The number of hydrogen-bond acceptors (Lipinski definition) is 5. The molecule has 0 aromatic heterocycles. The van der Waals surface area contributed by atoms with Crippen LogP contribution in [0.15, 0.2) is 101 Å². The molecule has 0 bridgehead atoms. The average molecular weight is 442 g/mol. The van der Waals surface area contributed by atoms with E-state index in [-0.39, 0.29) is 11.4 Å². The van der Waals surface area contributed by atoms with Crippen LogP contribution in [0.2, 0.25) is 0 Å². The SMILES string of the molecule is CCCCOc1c(N[C@H](c2ccccc2)C(O)(c2ccccc2)c2ccccc2)c(=O)c1=O. The summed E-state index contributed by atoms with van der Waals surface area (Å²) < 4.78 is 5.64. The fourth-order valence-electron chi connectivity index (χ4n) is 4.06. The second-order valence-electron chi connectivity index (χ2n) is 8.05. The van der Waals surface area contributed by atoms with E-state index < -0.39 is 22.5 Å². The van der Waals surface area contributed by atoms with Gasteiger partial charge in [0.15, 0.2) is 5.75 Å². The first-order chi connectivity index (χ1) is 16.1. The number of unbranched alkanes of at least 4 members (excludes halogenated alkanes) is 1. The number of hydrogen-bond donors (Lipinski definition) is 2. The molecule has 33 heavy (non-hydrogen) atoms. The van der Waals surface area contributed by atoms with Crippen LogP contribution in [0.1, 0.15) is 42.5 Å². The lowest BCUT2D eigenvalue weighted by Gasteiger charge is -2.39. The Morgan fingerprint density at radius 1 is 0.818 bits per heavy atom. The van der Waals surface area contributed by atoms with Gasteiger partial charge in [-0.3, -0.25) is 9.59 Å². The van der Waals surface area contributed by atoms with Crippen LogP contribution < -0.4 is 20.9 Å². The van der Waals surface area contributed by atoms with E-state index in [9.17, 15) is 14.7 Å². The zero-order chi connectivity index (χ0) is 23.3. The summed E-state index contributed by atoms with van der Waals surface area (Å²) in [6.45, 7) is 2.38. The molecule has 0 radical (unpaired) electrons. The van der Waals surface area contributed by atoms with Crippen LogP contribution in [0.3, 0.4) is 0 Å². The monoisotopic (exact) mass is 441 g/mol. The quantitative estimate of drug-likeness (QED) is 0.279. The highest BCUT2D eigenvalue weighted by Gasteiger charge is 2.43. The summed E-state index contributed by atoms with van der Waals surface area (Å²) in [5, 5.41) is 15.6. The summed E-state index contributed by atoms with van der Waals surface area (Å²) in [4.78, 5) is 24.8. The van der Waals surface area contributed by atoms with Crippen molar-refractivity contribution in [2.75, 3.05) is 11.9 Å². The summed E-state index contributed by atoms with van der Waals surface area (Å²) in [7, 11) is 0. The molecule has 4 rings (SSSR count). The van der Waals surface area contributed by atoms with Gasteiger partial charge in [-0.25, -0.2) is 0 Å². The minimum Gasteiger partial charge on any atom is -0.487 e. The van der Waals surface area contributed by atoms with E-state index in [1.807, 2.05) is 97.9 Å². The number of aliphatic hydroxyl groups is 1. The topological polar surface area (TPSA) is 75.6 Å². The van der Waals surface area contributed by atoms with Crippen molar-refractivity contribution >= 4 is 5.69 Å². The maximum absolute atomic E-state index is 12.5. The molecule has 2 N–H and O–H groups in total. The Morgan fingerprint density at radius 2 is 1.33 bits per heavy atom. The van der Waals surface area contributed by atoms with E-state index in [1.54, 1.807) is 0 Å². The first-order valence-corrected chi connectivity index (χ1v) is 11.2. The predicted octanol–water partition coefficient (Wildman–Crippen LogP) is 4.55. The fraction of sp³-hybridized carbons (Fsp3) is 0.214. The van der Waals surface area contributed by atoms with Gasteiger partial charge in [0.1, 0.15) is 11.3 Å². The molecule has 4 aromatic carbocycles. The van der Waals surface area contributed by atoms with Gasteiger partial charge in [0.2, 0.25) is 0 Å². The van der Waals surface area contributed by atoms with Crippen molar-refractivity contribution < 1.29 is 9.84 Å². The lowest BCUT2D eigenvalue weighted by Crippen LogP contribution is -2.43. The maximum Gasteiger partial charge on any atom is 0.272 e. The number of anilines is 1. The highest BCUT2D eigenvalue weighted by Crippen LogP contribution is 2.43. The molecule has 0 unspecified atom stereocenters. The van der Waals surface area contributed by atoms with E-state index in [2.05, 4.69) is 5.32 Å². The van der Waals surface area contributed by atoms with Crippen molar-refractivity contribution in [2.45, 2.75) is 31.4 Å². The largest absolute Gasteiger partial charge is 0.487 e. The normalized spacial score (nSPS) is 12.4. The Balaban J connectivity index is 1.85. The molecule has 0 saturated carbocycles. The Bertz CT molecular complexity index is 1210. The van der Waals surface area contributed by atoms with Crippen LogP contribution in [-0.4, -0.2) is 11.7 Å². The second kappa shape index (κ2) is 9.84. The summed E-state index contributed by atoms with van der Waals surface area (Å²) >= 11 is 0. The third-order valence-electron chi connectivity index (χ3n) is 5.88. The number of rotatable bonds is 10. The van der Waals surface area contributed by atoms with Gasteiger partial charge in [-0.1, -0.05) is 104 Å². The van der Waals surface area contributed by atoms with Crippen LogP contribution >= 0.6 is 0 Å². The standard InChI is InChI=1S/C28H27NO4/c1-2-3-19-33-26-23(24(30)25(26)31)29-27(20-13-7-4-8-14-20)28(32,21-15-9-5-10-16-21)22-17-11-6-12-18-22/h4-18,27,29,32H,2-3,19H2,1H3/t27-/m1/s1. The highest BCUT2D eigenvalue weighted by atomic mass is 16.5. The molecule has 4 aromatic rings. The summed E-state index contributed by atoms with van der Waals surface area (Å²) in [6, 6.07) is 27.3. The van der Waals surface area contributed by atoms with Crippen molar-refractivity contribution in [3.05, 3.63) is 128 Å². The summed E-state index contributed by atoms with van der Waals surface area (Å²) in [5.74, 6) is 0.0397. The molecule has 5 heteroatoms. The van der Waals surface area contributed by atoms with Crippen molar-refractivity contribution in [3.8, 4) is 5.75 Å². The molecule has 0 heterocycles. The molecule has 168 valence electrons. The van der Waals surface area contributed by atoms with Gasteiger partial charge < -0.3 is 15.2 Å². The van der Waals surface area contributed by atoms with Crippen LogP contribution in [0.25, 0.3) is 0 Å². The van der Waals surface area contributed by atoms with Gasteiger partial charge in [0, 0.05) is 0 Å². The number of nitrogens with one attached hydrogen (secondary N) is 1. The minimum atomic E-state index is -1.54. The predicted molar refractivity (Wildman–Crippen MR) is 130 cm³/mol. The Labute approximate surface area is 193 Å². The molecule has 5 nitrogen and oxygen atoms in total. The molecular weight excluding hydrogens is 414 g/mol. The van der Waals surface area contributed by atoms with Gasteiger partial charge in [-0.05, 0) is 23.1 Å². The molecule has 0 amide bonds. The summed E-state index contributed by atoms with van der Waals surface area (Å²) in [6.07, 6.45) is 1.69.